The number of nitrogens with one attached hydrogen (secondary N) is 1. The summed E-state index contributed by atoms with van der Waals surface area (Å²) in [5.41, 5.74) is 7.03. The molecule has 1 amide bonds. The highest BCUT2D eigenvalue weighted by Gasteiger charge is 2.29. The molecule has 1 heterocycles. The zero-order valence-electron chi connectivity index (χ0n) is 12.3. The van der Waals surface area contributed by atoms with E-state index >= 15 is 0 Å². The molecule has 5 nitrogen and oxygen atoms in total. The van der Waals surface area contributed by atoms with Crippen molar-refractivity contribution in [3.8, 4) is 0 Å². The van der Waals surface area contributed by atoms with Crippen LogP contribution in [-0.4, -0.2) is 35.7 Å². The molecule has 0 bridgehead atoms. The van der Waals surface area contributed by atoms with E-state index in [1.807, 2.05) is 45.0 Å². The molecule has 1 fully saturated rings. The van der Waals surface area contributed by atoms with E-state index in [2.05, 4.69) is 5.32 Å². The fourth-order valence-electron chi connectivity index (χ4n) is 2.23. The van der Waals surface area contributed by atoms with Crippen LogP contribution in [0, 0.1) is 0 Å². The third kappa shape index (κ3) is 4.05. The third-order valence-corrected chi connectivity index (χ3v) is 3.10. The minimum Gasteiger partial charge on any atom is -0.444 e. The van der Waals surface area contributed by atoms with Crippen LogP contribution < -0.4 is 11.1 Å². The lowest BCUT2D eigenvalue weighted by Crippen LogP contribution is -2.36. The van der Waals surface area contributed by atoms with Crippen LogP contribution in [0.15, 0.2) is 24.3 Å². The van der Waals surface area contributed by atoms with Crippen molar-refractivity contribution in [2.75, 3.05) is 24.1 Å². The second kappa shape index (κ2) is 5.61. The average molecular weight is 277 g/mol. The Hall–Kier alpha value is -1.91. The predicted octanol–water partition coefficient (Wildman–Crippen LogP) is 2.69. The van der Waals surface area contributed by atoms with Gasteiger partial charge < -0.3 is 20.7 Å². The molecule has 1 aromatic rings. The second-order valence-corrected chi connectivity index (χ2v) is 6.18. The van der Waals surface area contributed by atoms with Crippen LogP contribution in [0.1, 0.15) is 27.2 Å². The maximum absolute atomic E-state index is 12.0. The van der Waals surface area contributed by atoms with Crippen molar-refractivity contribution in [3.63, 3.8) is 0 Å². The molecule has 3 N–H and O–H groups in total. The minimum atomic E-state index is -0.448. The summed E-state index contributed by atoms with van der Waals surface area (Å²) in [6.45, 7) is 7.01. The van der Waals surface area contributed by atoms with Gasteiger partial charge in [-0.25, -0.2) is 4.79 Å². The van der Waals surface area contributed by atoms with E-state index < -0.39 is 5.60 Å². The molecule has 0 spiro atoms. The Labute approximate surface area is 120 Å². The van der Waals surface area contributed by atoms with Gasteiger partial charge >= 0.3 is 6.09 Å². The van der Waals surface area contributed by atoms with Gasteiger partial charge in [0.25, 0.3) is 0 Å². The highest BCUT2D eigenvalue weighted by Crippen LogP contribution is 2.19. The number of benzene rings is 1. The molecule has 110 valence electrons. The number of nitrogen functional groups attached to an aromatic ring is 1. The summed E-state index contributed by atoms with van der Waals surface area (Å²) < 4.78 is 5.38. The Kier molecular flexibility index (Phi) is 4.06. The van der Waals surface area contributed by atoms with Gasteiger partial charge in [-0.2, -0.15) is 0 Å². The van der Waals surface area contributed by atoms with E-state index in [9.17, 15) is 4.79 Å². The van der Waals surface area contributed by atoms with Crippen LogP contribution in [0.25, 0.3) is 0 Å². The first kappa shape index (κ1) is 14.5. The molecule has 20 heavy (non-hydrogen) atoms. The molecule has 0 saturated carbocycles. The number of rotatable bonds is 2. The van der Waals surface area contributed by atoms with Crippen molar-refractivity contribution in [2.24, 2.45) is 0 Å². The number of likely N-dealkylation sites (tertiary alicyclic amines) is 1. The summed E-state index contributed by atoms with van der Waals surface area (Å²) in [6, 6.07) is 7.89. The van der Waals surface area contributed by atoms with Gasteiger partial charge in [0, 0.05) is 30.5 Å². The number of hydrogen-bond acceptors (Lipinski definition) is 4. The zero-order valence-corrected chi connectivity index (χ0v) is 12.3. The van der Waals surface area contributed by atoms with Crippen molar-refractivity contribution >= 4 is 17.5 Å². The topological polar surface area (TPSA) is 67.6 Å². The van der Waals surface area contributed by atoms with Crippen LogP contribution in [0.4, 0.5) is 16.2 Å². The molecule has 2 rings (SSSR count). The van der Waals surface area contributed by atoms with Crippen LogP contribution in [0.3, 0.4) is 0 Å². The van der Waals surface area contributed by atoms with Crippen LogP contribution >= 0.6 is 0 Å². The summed E-state index contributed by atoms with van der Waals surface area (Å²) >= 11 is 0. The number of anilines is 2. The number of carbonyl (C=O) groups excluding carboxylic acids is 1. The first-order valence-corrected chi connectivity index (χ1v) is 6.93. The van der Waals surface area contributed by atoms with Gasteiger partial charge in [-0.3, -0.25) is 0 Å². The van der Waals surface area contributed by atoms with Crippen LogP contribution in [-0.2, 0) is 4.74 Å². The maximum Gasteiger partial charge on any atom is 0.410 e. The lowest BCUT2D eigenvalue weighted by molar-refractivity contribution is 0.0293. The van der Waals surface area contributed by atoms with Gasteiger partial charge in [0.1, 0.15) is 5.60 Å². The Bertz CT molecular complexity index is 482. The fourth-order valence-corrected chi connectivity index (χ4v) is 2.23. The Balaban J connectivity index is 1.88. The molecule has 0 radical (unpaired) electrons. The lowest BCUT2D eigenvalue weighted by Gasteiger charge is -2.24. The van der Waals surface area contributed by atoms with Crippen LogP contribution in [0.5, 0.6) is 0 Å². The molecule has 1 saturated heterocycles. The number of nitrogens with two attached hydrogens (primary N) is 1. The first-order valence-electron chi connectivity index (χ1n) is 6.93. The highest BCUT2D eigenvalue weighted by molar-refractivity contribution is 5.68. The molecule has 1 aliphatic rings. The SMILES string of the molecule is CC(C)(C)OC(=O)N1CCC(Nc2cccc(N)c2)C1. The van der Waals surface area contributed by atoms with Crippen molar-refractivity contribution in [2.45, 2.75) is 38.8 Å². The molecular formula is C15H23N3O2. The van der Waals surface area contributed by atoms with Gasteiger partial charge in [0.05, 0.1) is 0 Å². The first-order chi connectivity index (χ1) is 9.33. The maximum atomic E-state index is 12.0. The van der Waals surface area contributed by atoms with E-state index in [4.69, 9.17) is 10.5 Å². The van der Waals surface area contributed by atoms with Gasteiger partial charge in [-0.05, 0) is 45.4 Å². The normalized spacial score (nSPS) is 18.9. The fraction of sp³-hybridized carbons (Fsp3) is 0.533. The third-order valence-electron chi connectivity index (χ3n) is 3.10. The minimum absolute atomic E-state index is 0.240. The van der Waals surface area contributed by atoms with Gasteiger partial charge in [0.2, 0.25) is 0 Å². The second-order valence-electron chi connectivity index (χ2n) is 6.18. The van der Waals surface area contributed by atoms with E-state index in [0.717, 1.165) is 24.3 Å². The summed E-state index contributed by atoms with van der Waals surface area (Å²) in [7, 11) is 0. The number of nitrogens with zero attached hydrogens (tertiary/aromatic N) is 1. The number of ether oxygens (including phenoxy) is 1. The molecule has 1 aliphatic heterocycles. The molecule has 1 unspecified atom stereocenters. The summed E-state index contributed by atoms with van der Waals surface area (Å²) in [5, 5.41) is 3.40. The standard InChI is InChI=1S/C15H23N3O2/c1-15(2,3)20-14(19)18-8-7-13(10-18)17-12-6-4-5-11(16)9-12/h4-6,9,13,17H,7-8,10,16H2,1-3H3. The monoisotopic (exact) mass is 277 g/mol. The summed E-state index contributed by atoms with van der Waals surface area (Å²) in [4.78, 5) is 13.7. The van der Waals surface area contributed by atoms with Crippen molar-refractivity contribution in [1.29, 1.82) is 0 Å². The van der Waals surface area contributed by atoms with Gasteiger partial charge in [-0.15, -0.1) is 0 Å². The average Bonchev–Trinajstić information content (AvgIpc) is 2.75. The summed E-state index contributed by atoms with van der Waals surface area (Å²) in [6.07, 6.45) is 0.669. The molecule has 0 aliphatic carbocycles. The molecule has 1 aromatic carbocycles. The highest BCUT2D eigenvalue weighted by atomic mass is 16.6. The molecular weight excluding hydrogens is 254 g/mol. The quantitative estimate of drug-likeness (QED) is 0.816. The zero-order chi connectivity index (χ0) is 14.8. The van der Waals surface area contributed by atoms with Crippen LogP contribution in [0.2, 0.25) is 0 Å². The van der Waals surface area contributed by atoms with Crippen molar-refractivity contribution in [1.82, 2.24) is 4.90 Å². The van der Waals surface area contributed by atoms with E-state index in [0.29, 0.717) is 6.54 Å². The van der Waals surface area contributed by atoms with E-state index in [1.165, 1.54) is 0 Å². The molecule has 5 heteroatoms. The molecule has 0 aromatic heterocycles. The summed E-state index contributed by atoms with van der Waals surface area (Å²) in [5.74, 6) is 0. The Morgan fingerprint density at radius 2 is 2.20 bits per heavy atom. The number of hydrogen-bond donors (Lipinski definition) is 2. The van der Waals surface area contributed by atoms with Crippen molar-refractivity contribution < 1.29 is 9.53 Å². The van der Waals surface area contributed by atoms with E-state index in [-0.39, 0.29) is 12.1 Å². The number of amides is 1. The van der Waals surface area contributed by atoms with E-state index in [1.54, 1.807) is 4.90 Å². The Morgan fingerprint density at radius 1 is 1.45 bits per heavy atom. The van der Waals surface area contributed by atoms with Crippen molar-refractivity contribution in [3.05, 3.63) is 24.3 Å². The lowest BCUT2D eigenvalue weighted by atomic mass is 10.2. The Morgan fingerprint density at radius 3 is 2.85 bits per heavy atom. The van der Waals surface area contributed by atoms with Gasteiger partial charge in [0.15, 0.2) is 0 Å². The number of carbonyl (C=O) groups is 1. The predicted molar refractivity (Wildman–Crippen MR) is 80.7 cm³/mol. The smallest absolute Gasteiger partial charge is 0.410 e. The largest absolute Gasteiger partial charge is 0.444 e. The van der Waals surface area contributed by atoms with Gasteiger partial charge in [-0.1, -0.05) is 6.07 Å². The molecule has 1 atom stereocenters.